The summed E-state index contributed by atoms with van der Waals surface area (Å²) in [7, 11) is 0. The molecule has 21 heavy (non-hydrogen) atoms. The number of likely N-dealkylation sites (tertiary alicyclic amines) is 1. The number of carboxylic acid groups (broad SMARTS) is 1. The Bertz CT molecular complexity index is 359. The van der Waals surface area contributed by atoms with Gasteiger partial charge in [-0.3, -0.25) is 10.1 Å². The van der Waals surface area contributed by atoms with Gasteiger partial charge in [0.15, 0.2) is 0 Å². The maximum atomic E-state index is 11.9. The van der Waals surface area contributed by atoms with Crippen molar-refractivity contribution < 1.29 is 9.90 Å². The Labute approximate surface area is 129 Å². The van der Waals surface area contributed by atoms with Crippen LogP contribution in [0.4, 0.5) is 0 Å². The molecule has 0 spiro atoms. The molecule has 2 aliphatic rings. The number of hydrogen-bond acceptors (Lipinski definition) is 3. The minimum absolute atomic E-state index is 0.212. The number of carbonyl (C=O) groups is 1. The Kier molecular flexibility index (Phi) is 5.67. The van der Waals surface area contributed by atoms with Gasteiger partial charge >= 0.3 is 5.97 Å². The van der Waals surface area contributed by atoms with E-state index < -0.39 is 11.5 Å². The van der Waals surface area contributed by atoms with Crippen molar-refractivity contribution in [1.29, 1.82) is 0 Å². The standard InChI is InChI=1S/C17H32N2O2/c1-13(2)18-17(16(20)21)9-4-7-15(12-17)19-10-5-6-14(3)8-11-19/h13-15,18H,4-12H2,1-3H3,(H,20,21). The van der Waals surface area contributed by atoms with Gasteiger partial charge in [0.2, 0.25) is 0 Å². The highest BCUT2D eigenvalue weighted by atomic mass is 16.4. The van der Waals surface area contributed by atoms with Gasteiger partial charge in [-0.25, -0.2) is 0 Å². The normalized spacial score (nSPS) is 35.6. The molecule has 0 amide bonds. The minimum atomic E-state index is -0.713. The number of aliphatic carboxylic acids is 1. The molecule has 122 valence electrons. The summed E-state index contributed by atoms with van der Waals surface area (Å²) < 4.78 is 0. The van der Waals surface area contributed by atoms with Crippen molar-refractivity contribution in [2.24, 2.45) is 5.92 Å². The molecular weight excluding hydrogens is 264 g/mol. The molecular formula is C17H32N2O2. The molecule has 0 aromatic heterocycles. The predicted octanol–water partition coefficient (Wildman–Crippen LogP) is 2.87. The van der Waals surface area contributed by atoms with E-state index in [1.165, 1.54) is 19.3 Å². The average Bonchev–Trinajstić information content (AvgIpc) is 2.63. The minimum Gasteiger partial charge on any atom is -0.480 e. The molecule has 1 heterocycles. The molecule has 3 unspecified atom stereocenters. The molecule has 1 saturated carbocycles. The van der Waals surface area contributed by atoms with E-state index in [-0.39, 0.29) is 6.04 Å². The molecule has 2 rings (SSSR count). The molecule has 0 aromatic rings. The Morgan fingerprint density at radius 1 is 1.24 bits per heavy atom. The lowest BCUT2D eigenvalue weighted by molar-refractivity contribution is -0.148. The van der Waals surface area contributed by atoms with Gasteiger partial charge in [0.25, 0.3) is 0 Å². The third-order valence-electron chi connectivity index (χ3n) is 5.27. The summed E-state index contributed by atoms with van der Waals surface area (Å²) in [6.07, 6.45) is 7.53. The molecule has 1 aliphatic heterocycles. The van der Waals surface area contributed by atoms with Gasteiger partial charge in [0.1, 0.15) is 5.54 Å². The second-order valence-corrected chi connectivity index (χ2v) is 7.51. The molecule has 0 bridgehead atoms. The van der Waals surface area contributed by atoms with Crippen molar-refractivity contribution >= 4 is 5.97 Å². The first kappa shape index (κ1) is 16.8. The molecule has 0 radical (unpaired) electrons. The SMILES string of the molecule is CC1CCCN(C2CCCC(NC(C)C)(C(=O)O)C2)CC1. The summed E-state index contributed by atoms with van der Waals surface area (Å²) >= 11 is 0. The van der Waals surface area contributed by atoms with Crippen LogP contribution in [0, 0.1) is 5.92 Å². The van der Waals surface area contributed by atoms with Gasteiger partial charge in [-0.2, -0.15) is 0 Å². The van der Waals surface area contributed by atoms with E-state index in [1.54, 1.807) is 0 Å². The first-order valence-corrected chi connectivity index (χ1v) is 8.68. The number of carboxylic acids is 1. The molecule has 4 heteroatoms. The van der Waals surface area contributed by atoms with E-state index in [1.807, 2.05) is 13.8 Å². The summed E-state index contributed by atoms with van der Waals surface area (Å²) in [5, 5.41) is 13.1. The van der Waals surface area contributed by atoms with E-state index in [4.69, 9.17) is 0 Å². The number of rotatable bonds is 4. The first-order valence-electron chi connectivity index (χ1n) is 8.68. The molecule has 2 N–H and O–H groups in total. The third-order valence-corrected chi connectivity index (χ3v) is 5.27. The molecule has 1 saturated heterocycles. The summed E-state index contributed by atoms with van der Waals surface area (Å²) in [4.78, 5) is 14.5. The second kappa shape index (κ2) is 7.10. The number of hydrogen-bond donors (Lipinski definition) is 2. The van der Waals surface area contributed by atoms with E-state index in [2.05, 4.69) is 17.1 Å². The summed E-state index contributed by atoms with van der Waals surface area (Å²) in [6, 6.07) is 0.649. The number of nitrogens with one attached hydrogen (secondary N) is 1. The van der Waals surface area contributed by atoms with Crippen LogP contribution in [0.1, 0.15) is 65.7 Å². The van der Waals surface area contributed by atoms with E-state index >= 15 is 0 Å². The molecule has 0 aromatic carbocycles. The van der Waals surface area contributed by atoms with E-state index in [0.29, 0.717) is 6.04 Å². The van der Waals surface area contributed by atoms with Crippen LogP contribution in [0.25, 0.3) is 0 Å². The quantitative estimate of drug-likeness (QED) is 0.837. The zero-order valence-corrected chi connectivity index (χ0v) is 13.9. The fourth-order valence-corrected chi connectivity index (χ4v) is 4.15. The van der Waals surface area contributed by atoms with Crippen LogP contribution in [0.5, 0.6) is 0 Å². The summed E-state index contributed by atoms with van der Waals surface area (Å²) in [6.45, 7) is 8.71. The Morgan fingerprint density at radius 3 is 2.67 bits per heavy atom. The van der Waals surface area contributed by atoms with Gasteiger partial charge in [0, 0.05) is 12.1 Å². The topological polar surface area (TPSA) is 52.6 Å². The Hall–Kier alpha value is -0.610. The molecule has 4 nitrogen and oxygen atoms in total. The van der Waals surface area contributed by atoms with Crippen molar-refractivity contribution in [3.63, 3.8) is 0 Å². The van der Waals surface area contributed by atoms with Crippen LogP contribution < -0.4 is 5.32 Å². The van der Waals surface area contributed by atoms with Crippen LogP contribution in [0.2, 0.25) is 0 Å². The lowest BCUT2D eigenvalue weighted by Gasteiger charge is -2.43. The van der Waals surface area contributed by atoms with Crippen LogP contribution in [-0.4, -0.2) is 46.7 Å². The highest BCUT2D eigenvalue weighted by Crippen LogP contribution is 2.33. The zero-order valence-electron chi connectivity index (χ0n) is 13.9. The van der Waals surface area contributed by atoms with Crippen LogP contribution in [0.3, 0.4) is 0 Å². The summed E-state index contributed by atoms with van der Waals surface area (Å²) in [5.41, 5.74) is -0.713. The maximum Gasteiger partial charge on any atom is 0.323 e. The fraction of sp³-hybridized carbons (Fsp3) is 0.941. The van der Waals surface area contributed by atoms with Crippen molar-refractivity contribution in [3.8, 4) is 0 Å². The van der Waals surface area contributed by atoms with E-state index in [9.17, 15) is 9.90 Å². The van der Waals surface area contributed by atoms with Crippen molar-refractivity contribution in [3.05, 3.63) is 0 Å². The highest BCUT2D eigenvalue weighted by molar-refractivity contribution is 5.79. The van der Waals surface area contributed by atoms with Gasteiger partial charge in [0.05, 0.1) is 0 Å². The third kappa shape index (κ3) is 4.19. The lowest BCUT2D eigenvalue weighted by atomic mass is 9.77. The highest BCUT2D eigenvalue weighted by Gasteiger charge is 2.44. The zero-order chi connectivity index (χ0) is 15.5. The fourth-order valence-electron chi connectivity index (χ4n) is 4.15. The maximum absolute atomic E-state index is 11.9. The van der Waals surface area contributed by atoms with Crippen molar-refractivity contribution in [2.75, 3.05) is 13.1 Å². The van der Waals surface area contributed by atoms with Gasteiger partial charge < -0.3 is 10.0 Å². The lowest BCUT2D eigenvalue weighted by Crippen LogP contribution is -2.60. The van der Waals surface area contributed by atoms with E-state index in [0.717, 1.165) is 44.7 Å². The Balaban J connectivity index is 2.05. The second-order valence-electron chi connectivity index (χ2n) is 7.51. The number of nitrogens with zero attached hydrogens (tertiary/aromatic N) is 1. The van der Waals surface area contributed by atoms with Crippen molar-refractivity contribution in [1.82, 2.24) is 10.2 Å². The predicted molar refractivity (Wildman–Crippen MR) is 85.5 cm³/mol. The Morgan fingerprint density at radius 2 is 2.00 bits per heavy atom. The molecule has 2 fully saturated rings. The van der Waals surface area contributed by atoms with Crippen molar-refractivity contribution in [2.45, 2.75) is 83.3 Å². The first-order chi connectivity index (χ1) is 9.93. The molecule has 1 aliphatic carbocycles. The largest absolute Gasteiger partial charge is 0.480 e. The molecule has 3 atom stereocenters. The van der Waals surface area contributed by atoms with Crippen LogP contribution in [0.15, 0.2) is 0 Å². The monoisotopic (exact) mass is 296 g/mol. The smallest absolute Gasteiger partial charge is 0.323 e. The van der Waals surface area contributed by atoms with Gasteiger partial charge in [-0.05, 0) is 77.8 Å². The van der Waals surface area contributed by atoms with Gasteiger partial charge in [-0.15, -0.1) is 0 Å². The average molecular weight is 296 g/mol. The summed E-state index contributed by atoms with van der Waals surface area (Å²) in [5.74, 6) is 0.153. The van der Waals surface area contributed by atoms with Gasteiger partial charge in [-0.1, -0.05) is 6.92 Å². The van der Waals surface area contributed by atoms with Crippen LogP contribution in [-0.2, 0) is 4.79 Å². The van der Waals surface area contributed by atoms with Crippen LogP contribution >= 0.6 is 0 Å².